The third-order valence-corrected chi connectivity index (χ3v) is 4.18. The van der Waals surface area contributed by atoms with E-state index >= 15 is 0 Å². The molecule has 2 aromatic rings. The molecule has 2 N–H and O–H groups in total. The zero-order valence-electron chi connectivity index (χ0n) is 12.4. The number of hydrogen-bond acceptors (Lipinski definition) is 3. The summed E-state index contributed by atoms with van der Waals surface area (Å²) in [5, 5.41) is 10.5. The summed E-state index contributed by atoms with van der Waals surface area (Å²) in [6.45, 7) is 1.91. The highest BCUT2D eigenvalue weighted by molar-refractivity contribution is 6.31. The minimum Gasteiger partial charge on any atom is -0.309 e. The molecule has 0 bridgehead atoms. The predicted octanol–water partition coefficient (Wildman–Crippen LogP) is 3.42. The molecule has 2 aromatic heterocycles. The molecule has 3 rings (SSSR count). The van der Waals surface area contributed by atoms with Gasteiger partial charge in [0.05, 0.1) is 17.1 Å². The number of H-pyrrole nitrogens is 1. The maximum Gasteiger partial charge on any atom is 0.231 e. The van der Waals surface area contributed by atoms with Crippen molar-refractivity contribution in [3.63, 3.8) is 0 Å². The Morgan fingerprint density at radius 2 is 2.36 bits per heavy atom. The van der Waals surface area contributed by atoms with Gasteiger partial charge in [-0.25, -0.2) is 0 Å². The summed E-state index contributed by atoms with van der Waals surface area (Å²) in [6.07, 6.45) is 7.48. The first-order chi connectivity index (χ1) is 10.6. The number of rotatable bonds is 4. The van der Waals surface area contributed by atoms with Crippen LogP contribution in [0.2, 0.25) is 5.02 Å². The maximum absolute atomic E-state index is 12.1. The second-order valence-corrected chi connectivity index (χ2v) is 6.08. The van der Waals surface area contributed by atoms with Crippen molar-refractivity contribution in [1.29, 1.82) is 0 Å². The Bertz CT molecular complexity index is 677. The maximum atomic E-state index is 12.1. The van der Waals surface area contributed by atoms with Crippen molar-refractivity contribution in [3.8, 4) is 0 Å². The smallest absolute Gasteiger partial charge is 0.231 e. The van der Waals surface area contributed by atoms with Gasteiger partial charge in [0.1, 0.15) is 0 Å². The van der Waals surface area contributed by atoms with Gasteiger partial charge in [-0.3, -0.25) is 14.9 Å². The van der Waals surface area contributed by atoms with E-state index in [1.807, 2.05) is 13.0 Å². The van der Waals surface area contributed by atoms with Gasteiger partial charge < -0.3 is 5.32 Å². The van der Waals surface area contributed by atoms with Crippen molar-refractivity contribution >= 4 is 23.3 Å². The Balaban J connectivity index is 1.61. The largest absolute Gasteiger partial charge is 0.309 e. The Morgan fingerprint density at radius 1 is 1.50 bits per heavy atom. The van der Waals surface area contributed by atoms with E-state index in [4.69, 9.17) is 11.6 Å². The summed E-state index contributed by atoms with van der Waals surface area (Å²) < 4.78 is 0. The number of carbonyl (C=O) groups excluding carboxylic acids is 1. The van der Waals surface area contributed by atoms with Crippen molar-refractivity contribution in [2.75, 3.05) is 5.32 Å². The highest BCUT2D eigenvalue weighted by Crippen LogP contribution is 2.33. The summed E-state index contributed by atoms with van der Waals surface area (Å²) in [5.74, 6) is 0.871. The minimum atomic E-state index is -0.172. The van der Waals surface area contributed by atoms with Crippen LogP contribution in [0.4, 0.5) is 5.82 Å². The number of aryl methyl sites for hydroxylation is 1. The Morgan fingerprint density at radius 3 is 3.09 bits per heavy atom. The molecule has 1 aliphatic carbocycles. The second-order valence-electron chi connectivity index (χ2n) is 5.67. The molecule has 0 unspecified atom stereocenters. The molecule has 1 saturated carbocycles. The van der Waals surface area contributed by atoms with Gasteiger partial charge >= 0.3 is 0 Å². The molecule has 1 fully saturated rings. The molecule has 22 heavy (non-hydrogen) atoms. The topological polar surface area (TPSA) is 70.7 Å². The van der Waals surface area contributed by atoms with Crippen LogP contribution < -0.4 is 5.32 Å². The number of pyridine rings is 1. The molecule has 1 aliphatic rings. The quantitative estimate of drug-likeness (QED) is 0.907. The van der Waals surface area contributed by atoms with Crippen LogP contribution in [0.1, 0.15) is 42.1 Å². The van der Waals surface area contributed by atoms with Gasteiger partial charge in [-0.1, -0.05) is 11.6 Å². The average Bonchev–Trinajstić information content (AvgIpc) is 3.12. The summed E-state index contributed by atoms with van der Waals surface area (Å²) >= 11 is 6.10. The molecule has 1 atom stereocenters. The van der Waals surface area contributed by atoms with Gasteiger partial charge in [0.15, 0.2) is 5.82 Å². The molecule has 6 heteroatoms. The van der Waals surface area contributed by atoms with E-state index < -0.39 is 0 Å². The molecular formula is C16H18ClN4O. The van der Waals surface area contributed by atoms with E-state index in [-0.39, 0.29) is 12.3 Å². The van der Waals surface area contributed by atoms with E-state index in [9.17, 15) is 4.79 Å². The molecule has 5 nitrogen and oxygen atoms in total. The Kier molecular flexibility index (Phi) is 4.43. The van der Waals surface area contributed by atoms with E-state index in [2.05, 4.69) is 26.9 Å². The van der Waals surface area contributed by atoms with Gasteiger partial charge in [0.2, 0.25) is 5.91 Å². The number of anilines is 1. The lowest BCUT2D eigenvalue weighted by atomic mass is 10.0. The van der Waals surface area contributed by atoms with Crippen molar-refractivity contribution in [2.45, 2.75) is 38.5 Å². The first-order valence-corrected chi connectivity index (χ1v) is 7.77. The number of aromatic amines is 1. The lowest BCUT2D eigenvalue weighted by Gasteiger charge is -2.05. The van der Waals surface area contributed by atoms with Crippen LogP contribution in [0, 0.1) is 13.3 Å². The first-order valence-electron chi connectivity index (χ1n) is 7.39. The van der Waals surface area contributed by atoms with Crippen molar-refractivity contribution in [1.82, 2.24) is 15.2 Å². The highest BCUT2D eigenvalue weighted by atomic mass is 35.5. The Labute approximate surface area is 134 Å². The normalized spacial score (nSPS) is 15.2. The molecule has 115 valence electrons. The summed E-state index contributed by atoms with van der Waals surface area (Å²) in [7, 11) is 0. The van der Waals surface area contributed by atoms with Crippen molar-refractivity contribution in [2.24, 2.45) is 0 Å². The van der Waals surface area contributed by atoms with Crippen LogP contribution in [0.5, 0.6) is 0 Å². The standard InChI is InChI=1S/C16H18ClN4O/c1-10-6-12(17)14(18-9-10)8-16(22)19-15-7-13(20-21-15)11-4-2-3-5-11/h2,6-7,9,11H,3-5,8H2,1H3,(H2,19,20,21,22)/t11-/m0/s1. The van der Waals surface area contributed by atoms with E-state index in [1.165, 1.54) is 0 Å². The van der Waals surface area contributed by atoms with Gasteiger partial charge in [-0.05, 0) is 44.2 Å². The summed E-state index contributed by atoms with van der Waals surface area (Å²) in [4.78, 5) is 16.3. The van der Waals surface area contributed by atoms with Crippen LogP contribution in [0.25, 0.3) is 0 Å². The summed E-state index contributed by atoms with van der Waals surface area (Å²) in [6, 6.07) is 3.71. The third kappa shape index (κ3) is 3.47. The molecule has 1 amide bonds. The number of aromatic nitrogens is 3. The van der Waals surface area contributed by atoms with Crippen LogP contribution in [0.3, 0.4) is 0 Å². The third-order valence-electron chi connectivity index (χ3n) is 3.86. The number of carbonyl (C=O) groups is 1. The monoisotopic (exact) mass is 317 g/mol. The van der Waals surface area contributed by atoms with Gasteiger partial charge in [-0.2, -0.15) is 5.10 Å². The summed E-state index contributed by atoms with van der Waals surface area (Å²) in [5.41, 5.74) is 2.63. The number of amides is 1. The van der Waals surface area contributed by atoms with Gasteiger partial charge in [-0.15, -0.1) is 0 Å². The molecule has 2 heterocycles. The van der Waals surface area contributed by atoms with E-state index in [0.717, 1.165) is 30.5 Å². The van der Waals surface area contributed by atoms with Gasteiger partial charge in [0, 0.05) is 23.9 Å². The van der Waals surface area contributed by atoms with Crippen molar-refractivity contribution < 1.29 is 4.79 Å². The predicted molar refractivity (Wildman–Crippen MR) is 85.8 cm³/mol. The molecule has 0 saturated heterocycles. The van der Waals surface area contributed by atoms with Crippen LogP contribution in [-0.4, -0.2) is 21.1 Å². The fraction of sp³-hybridized carbons (Fsp3) is 0.375. The van der Waals surface area contributed by atoms with Crippen LogP contribution in [-0.2, 0) is 11.2 Å². The lowest BCUT2D eigenvalue weighted by molar-refractivity contribution is -0.115. The number of nitrogens with one attached hydrogen (secondary N) is 2. The number of nitrogens with zero attached hydrogens (tertiary/aromatic N) is 2. The fourth-order valence-electron chi connectivity index (χ4n) is 2.68. The van der Waals surface area contributed by atoms with E-state index in [1.54, 1.807) is 12.3 Å². The SMILES string of the molecule is Cc1cnc(CC(=O)Nc2cc([C@H]3C[CH]CC3)[nH]n2)c(Cl)c1. The molecule has 0 aromatic carbocycles. The highest BCUT2D eigenvalue weighted by Gasteiger charge is 2.20. The molecule has 0 spiro atoms. The van der Waals surface area contributed by atoms with Crippen molar-refractivity contribution in [3.05, 3.63) is 46.7 Å². The first kappa shape index (κ1) is 15.0. The van der Waals surface area contributed by atoms with Crippen LogP contribution in [0.15, 0.2) is 18.3 Å². The van der Waals surface area contributed by atoms with E-state index in [0.29, 0.717) is 22.5 Å². The molecule has 0 aliphatic heterocycles. The van der Waals surface area contributed by atoms with Gasteiger partial charge in [0.25, 0.3) is 0 Å². The zero-order valence-corrected chi connectivity index (χ0v) is 13.2. The molecule has 1 radical (unpaired) electrons. The molecular weight excluding hydrogens is 300 g/mol. The minimum absolute atomic E-state index is 0.137. The second kappa shape index (κ2) is 6.48. The lowest BCUT2D eigenvalue weighted by Crippen LogP contribution is -2.15. The zero-order chi connectivity index (χ0) is 15.5. The fourth-order valence-corrected chi connectivity index (χ4v) is 2.97. The number of hydrogen-bond donors (Lipinski definition) is 2. The number of halogens is 1. The average molecular weight is 318 g/mol. The Hall–Kier alpha value is -1.88. The van der Waals surface area contributed by atoms with Crippen LogP contribution >= 0.6 is 11.6 Å².